The van der Waals surface area contributed by atoms with E-state index in [1.165, 1.54) is 49.0 Å². The lowest BCUT2D eigenvalue weighted by atomic mass is 10.1. The van der Waals surface area contributed by atoms with Gasteiger partial charge in [0, 0.05) is 29.3 Å². The molecule has 88 valence electrons. The highest BCUT2D eigenvalue weighted by atomic mass is 79.9. The van der Waals surface area contributed by atoms with Crippen LogP contribution in [0.2, 0.25) is 0 Å². The van der Waals surface area contributed by atoms with Gasteiger partial charge >= 0.3 is 0 Å². The number of halogens is 1. The van der Waals surface area contributed by atoms with Crippen molar-refractivity contribution in [3.63, 3.8) is 0 Å². The molecule has 2 aliphatic rings. The van der Waals surface area contributed by atoms with Gasteiger partial charge in [0.15, 0.2) is 0 Å². The van der Waals surface area contributed by atoms with Crippen LogP contribution in [-0.4, -0.2) is 22.8 Å². The van der Waals surface area contributed by atoms with Gasteiger partial charge < -0.3 is 0 Å². The molecule has 0 bridgehead atoms. The Morgan fingerprint density at radius 1 is 1.44 bits per heavy atom. The first kappa shape index (κ1) is 11.2. The summed E-state index contributed by atoms with van der Waals surface area (Å²) in [5, 5.41) is 3.38. The zero-order valence-corrected chi connectivity index (χ0v) is 11.9. The molecule has 16 heavy (non-hydrogen) atoms. The third-order valence-electron chi connectivity index (χ3n) is 3.78. The molecule has 0 radical (unpaired) electrons. The summed E-state index contributed by atoms with van der Waals surface area (Å²) in [6.07, 6.45) is 5.69. The maximum atomic E-state index is 3.69. The number of nitrogens with zero attached hydrogens (tertiary/aromatic N) is 1. The van der Waals surface area contributed by atoms with Crippen LogP contribution in [0.1, 0.15) is 30.6 Å². The number of thiophene rings is 1. The third-order valence-corrected chi connectivity index (χ3v) is 5.83. The molecular weight excluding hydrogens is 282 g/mol. The molecule has 2 fully saturated rings. The van der Waals surface area contributed by atoms with Crippen LogP contribution in [0.4, 0.5) is 0 Å². The van der Waals surface area contributed by atoms with Crippen molar-refractivity contribution in [2.45, 2.75) is 38.3 Å². The molecule has 2 aliphatic carbocycles. The first-order chi connectivity index (χ1) is 7.81. The minimum atomic E-state index is 0.625. The lowest BCUT2D eigenvalue weighted by Crippen LogP contribution is -2.32. The summed E-state index contributed by atoms with van der Waals surface area (Å²) in [6.45, 7) is 2.48. The zero-order chi connectivity index (χ0) is 11.0. The average molecular weight is 300 g/mol. The Bertz CT molecular complexity index is 341. The third kappa shape index (κ3) is 2.52. The molecule has 1 heterocycles. The highest BCUT2D eigenvalue weighted by molar-refractivity contribution is 9.09. The van der Waals surface area contributed by atoms with Crippen molar-refractivity contribution in [3.8, 4) is 0 Å². The second-order valence-electron chi connectivity index (χ2n) is 5.35. The second-order valence-corrected chi connectivity index (χ2v) is 6.94. The fourth-order valence-electron chi connectivity index (χ4n) is 2.30. The van der Waals surface area contributed by atoms with Gasteiger partial charge in [0.05, 0.1) is 0 Å². The van der Waals surface area contributed by atoms with Crippen molar-refractivity contribution >= 4 is 27.3 Å². The van der Waals surface area contributed by atoms with E-state index >= 15 is 0 Å². The van der Waals surface area contributed by atoms with Gasteiger partial charge in [0.1, 0.15) is 0 Å². The van der Waals surface area contributed by atoms with Gasteiger partial charge in [-0.15, -0.1) is 11.3 Å². The van der Waals surface area contributed by atoms with Crippen molar-refractivity contribution < 1.29 is 0 Å². The van der Waals surface area contributed by atoms with Crippen LogP contribution in [0.5, 0.6) is 0 Å². The van der Waals surface area contributed by atoms with Gasteiger partial charge in [-0.1, -0.05) is 22.0 Å². The van der Waals surface area contributed by atoms with Crippen LogP contribution >= 0.6 is 27.3 Å². The van der Waals surface area contributed by atoms with Gasteiger partial charge in [-0.25, -0.2) is 0 Å². The smallest absolute Gasteiger partial charge is 0.0331 e. The quantitative estimate of drug-likeness (QED) is 0.721. The lowest BCUT2D eigenvalue weighted by Gasteiger charge is -2.26. The van der Waals surface area contributed by atoms with Gasteiger partial charge in [0.25, 0.3) is 0 Å². The standard InChI is InChI=1S/C13H18BrNS/c14-9-13(5-6-13)10-15(11-3-4-11)8-12-2-1-7-16-12/h1-2,7,11H,3-6,8-10H2. The van der Waals surface area contributed by atoms with E-state index in [4.69, 9.17) is 0 Å². The van der Waals surface area contributed by atoms with Gasteiger partial charge in [-0.05, 0) is 42.5 Å². The maximum absolute atomic E-state index is 3.69. The Kier molecular flexibility index (Phi) is 3.11. The topological polar surface area (TPSA) is 3.24 Å². The van der Waals surface area contributed by atoms with Crippen LogP contribution in [-0.2, 0) is 6.54 Å². The van der Waals surface area contributed by atoms with Crippen molar-refractivity contribution in [2.75, 3.05) is 11.9 Å². The Balaban J connectivity index is 1.63. The molecule has 0 unspecified atom stereocenters. The molecule has 0 saturated heterocycles. The molecule has 1 aromatic rings. The molecule has 2 saturated carbocycles. The molecule has 0 amide bonds. The van der Waals surface area contributed by atoms with Crippen LogP contribution in [0, 0.1) is 5.41 Å². The van der Waals surface area contributed by atoms with Crippen molar-refractivity contribution in [1.82, 2.24) is 4.90 Å². The predicted molar refractivity (Wildman–Crippen MR) is 73.2 cm³/mol. The molecule has 0 aliphatic heterocycles. The summed E-state index contributed by atoms with van der Waals surface area (Å²) in [5.41, 5.74) is 0.625. The van der Waals surface area contributed by atoms with Crippen LogP contribution in [0.3, 0.4) is 0 Å². The fraction of sp³-hybridized carbons (Fsp3) is 0.692. The summed E-state index contributed by atoms with van der Waals surface area (Å²) in [5.74, 6) is 0. The predicted octanol–water partition coefficient (Wildman–Crippen LogP) is 3.89. The van der Waals surface area contributed by atoms with Crippen molar-refractivity contribution in [3.05, 3.63) is 22.4 Å². The summed E-state index contributed by atoms with van der Waals surface area (Å²) in [4.78, 5) is 4.25. The van der Waals surface area contributed by atoms with Crippen molar-refractivity contribution in [2.24, 2.45) is 5.41 Å². The minimum Gasteiger partial charge on any atom is -0.295 e. The summed E-state index contributed by atoms with van der Waals surface area (Å²) >= 11 is 5.58. The SMILES string of the molecule is BrCC1(CN(Cc2cccs2)C2CC2)CC1. The number of hydrogen-bond donors (Lipinski definition) is 0. The largest absolute Gasteiger partial charge is 0.295 e. The first-order valence-corrected chi connectivity index (χ1v) is 8.14. The molecule has 0 spiro atoms. The van der Waals surface area contributed by atoms with Gasteiger partial charge in [-0.2, -0.15) is 0 Å². The minimum absolute atomic E-state index is 0.625. The van der Waals surface area contributed by atoms with Crippen LogP contribution < -0.4 is 0 Å². The van der Waals surface area contributed by atoms with E-state index in [0.717, 1.165) is 6.04 Å². The Hall–Kier alpha value is 0.140. The number of alkyl halides is 1. The first-order valence-electron chi connectivity index (χ1n) is 6.14. The van der Waals surface area contributed by atoms with E-state index in [-0.39, 0.29) is 0 Å². The van der Waals surface area contributed by atoms with Gasteiger partial charge in [-0.3, -0.25) is 4.90 Å². The Labute approximate surface area is 110 Å². The summed E-state index contributed by atoms with van der Waals surface area (Å²) < 4.78 is 0. The van der Waals surface area contributed by atoms with Crippen molar-refractivity contribution in [1.29, 1.82) is 0 Å². The molecule has 3 heteroatoms. The number of rotatable bonds is 6. The zero-order valence-electron chi connectivity index (χ0n) is 9.49. The van der Waals surface area contributed by atoms with E-state index in [1.54, 1.807) is 0 Å². The molecule has 0 aromatic carbocycles. The molecule has 3 rings (SSSR count). The second kappa shape index (κ2) is 4.43. The molecule has 1 aromatic heterocycles. The lowest BCUT2D eigenvalue weighted by molar-refractivity contribution is 0.214. The highest BCUT2D eigenvalue weighted by Crippen LogP contribution is 2.49. The molecule has 0 N–H and O–H groups in total. The fourth-order valence-corrected chi connectivity index (χ4v) is 3.77. The molecular formula is C13H18BrNS. The normalized spacial score (nSPS) is 22.6. The summed E-state index contributed by atoms with van der Waals surface area (Å²) in [6, 6.07) is 5.33. The highest BCUT2D eigenvalue weighted by Gasteiger charge is 2.45. The van der Waals surface area contributed by atoms with E-state index in [1.807, 2.05) is 11.3 Å². The molecule has 0 atom stereocenters. The van der Waals surface area contributed by atoms with Crippen LogP contribution in [0.25, 0.3) is 0 Å². The monoisotopic (exact) mass is 299 g/mol. The van der Waals surface area contributed by atoms with E-state index in [0.29, 0.717) is 5.41 Å². The van der Waals surface area contributed by atoms with E-state index in [2.05, 4.69) is 38.3 Å². The Morgan fingerprint density at radius 3 is 2.75 bits per heavy atom. The van der Waals surface area contributed by atoms with E-state index < -0.39 is 0 Å². The Morgan fingerprint density at radius 2 is 2.25 bits per heavy atom. The van der Waals surface area contributed by atoms with Gasteiger partial charge in [0.2, 0.25) is 0 Å². The van der Waals surface area contributed by atoms with Crippen LogP contribution in [0.15, 0.2) is 17.5 Å². The number of hydrogen-bond acceptors (Lipinski definition) is 2. The molecule has 1 nitrogen and oxygen atoms in total. The summed E-state index contributed by atoms with van der Waals surface area (Å²) in [7, 11) is 0. The maximum Gasteiger partial charge on any atom is 0.0331 e. The average Bonchev–Trinajstić information content (AvgIpc) is 3.20. The van der Waals surface area contributed by atoms with E-state index in [9.17, 15) is 0 Å².